The minimum atomic E-state index is -0.405. The summed E-state index contributed by atoms with van der Waals surface area (Å²) >= 11 is 0. The molecule has 4 nitrogen and oxygen atoms in total. The van der Waals surface area contributed by atoms with E-state index in [9.17, 15) is 9.59 Å². The number of ether oxygens (including phenoxy) is 1. The zero-order chi connectivity index (χ0) is 14.4. The molecule has 0 aromatic heterocycles. The maximum Gasteiger partial charge on any atom is 0.303 e. The summed E-state index contributed by atoms with van der Waals surface area (Å²) in [7, 11) is 0. The third-order valence-corrected chi connectivity index (χ3v) is 3.73. The normalized spacial score (nSPS) is 15.9. The van der Waals surface area contributed by atoms with Crippen molar-refractivity contribution >= 4 is 11.9 Å². The van der Waals surface area contributed by atoms with E-state index in [2.05, 4.69) is 24.3 Å². The highest BCUT2D eigenvalue weighted by molar-refractivity contribution is 5.80. The summed E-state index contributed by atoms with van der Waals surface area (Å²) in [5, 5.41) is 0. The van der Waals surface area contributed by atoms with Crippen LogP contribution in [0.3, 0.4) is 0 Å². The molecule has 0 aliphatic carbocycles. The quantitative estimate of drug-likeness (QED) is 0.790. The van der Waals surface area contributed by atoms with E-state index in [0.29, 0.717) is 5.92 Å². The van der Waals surface area contributed by atoms with Crippen LogP contribution in [-0.2, 0) is 20.7 Å². The summed E-state index contributed by atoms with van der Waals surface area (Å²) in [4.78, 5) is 24.3. The monoisotopic (exact) mass is 275 g/mol. The summed E-state index contributed by atoms with van der Waals surface area (Å²) in [5.41, 5.74) is 1.36. The van der Waals surface area contributed by atoms with Gasteiger partial charge in [0, 0.05) is 20.0 Å². The number of nitrogens with zero attached hydrogens (tertiary/aromatic N) is 1. The molecule has 0 N–H and O–H groups in total. The van der Waals surface area contributed by atoms with E-state index < -0.39 is 5.97 Å². The van der Waals surface area contributed by atoms with Gasteiger partial charge in [-0.15, -0.1) is 0 Å². The van der Waals surface area contributed by atoms with Crippen molar-refractivity contribution in [1.82, 2.24) is 4.90 Å². The van der Waals surface area contributed by atoms with Gasteiger partial charge < -0.3 is 9.64 Å². The number of hydrogen-bond donors (Lipinski definition) is 0. The van der Waals surface area contributed by atoms with Crippen molar-refractivity contribution in [3.8, 4) is 0 Å². The van der Waals surface area contributed by atoms with E-state index in [-0.39, 0.29) is 12.5 Å². The largest absolute Gasteiger partial charge is 0.456 e. The van der Waals surface area contributed by atoms with Gasteiger partial charge >= 0.3 is 5.97 Å². The standard InChI is InChI=1S/C16H21NO3/c1-13(18)20-12-16(19)17-9-7-15(8-10-17)11-14-5-3-2-4-6-14/h2-6,15H,7-12H2,1H3. The summed E-state index contributed by atoms with van der Waals surface area (Å²) in [5.74, 6) is 0.144. The first-order valence-corrected chi connectivity index (χ1v) is 7.10. The average Bonchev–Trinajstić information content (AvgIpc) is 2.46. The van der Waals surface area contributed by atoms with Crippen LogP contribution < -0.4 is 0 Å². The molecule has 0 saturated carbocycles. The van der Waals surface area contributed by atoms with Crippen LogP contribution in [0.1, 0.15) is 25.3 Å². The predicted molar refractivity (Wildman–Crippen MR) is 76.1 cm³/mol. The molecule has 1 saturated heterocycles. The van der Waals surface area contributed by atoms with Crippen LogP contribution in [0.15, 0.2) is 30.3 Å². The van der Waals surface area contributed by atoms with Crippen molar-refractivity contribution in [1.29, 1.82) is 0 Å². The predicted octanol–water partition coefficient (Wildman–Crippen LogP) is 2.03. The highest BCUT2D eigenvalue weighted by atomic mass is 16.5. The van der Waals surface area contributed by atoms with Gasteiger partial charge in [-0.1, -0.05) is 30.3 Å². The second kappa shape index (κ2) is 7.08. The first kappa shape index (κ1) is 14.6. The summed E-state index contributed by atoms with van der Waals surface area (Å²) in [6, 6.07) is 10.5. The molecule has 0 spiro atoms. The van der Waals surface area contributed by atoms with Gasteiger partial charge in [-0.2, -0.15) is 0 Å². The Bertz CT molecular complexity index is 450. The number of benzene rings is 1. The third kappa shape index (κ3) is 4.37. The van der Waals surface area contributed by atoms with Crippen LogP contribution in [0.5, 0.6) is 0 Å². The lowest BCUT2D eigenvalue weighted by Gasteiger charge is -2.32. The summed E-state index contributed by atoms with van der Waals surface area (Å²) in [6.07, 6.45) is 3.11. The van der Waals surface area contributed by atoms with Crippen LogP contribution in [0.4, 0.5) is 0 Å². The van der Waals surface area contributed by atoms with E-state index in [4.69, 9.17) is 4.74 Å². The molecule has 1 aromatic rings. The highest BCUT2D eigenvalue weighted by Gasteiger charge is 2.23. The van der Waals surface area contributed by atoms with E-state index in [0.717, 1.165) is 32.4 Å². The maximum absolute atomic E-state index is 11.8. The number of amides is 1. The lowest BCUT2D eigenvalue weighted by Crippen LogP contribution is -2.41. The van der Waals surface area contributed by atoms with Crippen molar-refractivity contribution in [2.45, 2.75) is 26.2 Å². The Kier molecular flexibility index (Phi) is 5.16. The Labute approximate surface area is 119 Å². The van der Waals surface area contributed by atoms with Gasteiger partial charge in [0.25, 0.3) is 5.91 Å². The number of carbonyl (C=O) groups excluding carboxylic acids is 2. The first-order valence-electron chi connectivity index (χ1n) is 7.10. The maximum atomic E-state index is 11.8. The molecule has 1 aliphatic heterocycles. The molecule has 1 amide bonds. The van der Waals surface area contributed by atoms with Crippen molar-refractivity contribution in [3.63, 3.8) is 0 Å². The molecule has 1 heterocycles. The lowest BCUT2D eigenvalue weighted by molar-refractivity contribution is -0.150. The van der Waals surface area contributed by atoms with Crippen molar-refractivity contribution in [3.05, 3.63) is 35.9 Å². The van der Waals surface area contributed by atoms with Crippen LogP contribution in [0, 0.1) is 5.92 Å². The number of hydrogen-bond acceptors (Lipinski definition) is 3. The van der Waals surface area contributed by atoms with Gasteiger partial charge in [-0.05, 0) is 30.7 Å². The van der Waals surface area contributed by atoms with Crippen molar-refractivity contribution < 1.29 is 14.3 Å². The van der Waals surface area contributed by atoms with Gasteiger partial charge in [0.1, 0.15) is 0 Å². The molecule has 1 aromatic carbocycles. The fraction of sp³-hybridized carbons (Fsp3) is 0.500. The molecule has 2 rings (SSSR count). The molecule has 0 atom stereocenters. The number of rotatable bonds is 4. The topological polar surface area (TPSA) is 46.6 Å². The summed E-state index contributed by atoms with van der Waals surface area (Å²) < 4.78 is 4.75. The minimum absolute atomic E-state index is 0.0849. The zero-order valence-corrected chi connectivity index (χ0v) is 11.9. The Morgan fingerprint density at radius 3 is 2.45 bits per heavy atom. The Hall–Kier alpha value is -1.84. The second-order valence-corrected chi connectivity index (χ2v) is 5.29. The number of esters is 1. The molecule has 4 heteroatoms. The van der Waals surface area contributed by atoms with Gasteiger partial charge in [0.2, 0.25) is 0 Å². The van der Waals surface area contributed by atoms with E-state index in [1.54, 1.807) is 4.90 Å². The lowest BCUT2D eigenvalue weighted by atomic mass is 9.90. The van der Waals surface area contributed by atoms with Crippen LogP contribution >= 0.6 is 0 Å². The molecule has 108 valence electrons. The highest BCUT2D eigenvalue weighted by Crippen LogP contribution is 2.21. The Morgan fingerprint density at radius 2 is 1.85 bits per heavy atom. The van der Waals surface area contributed by atoms with Crippen LogP contribution in [0.2, 0.25) is 0 Å². The Balaban J connectivity index is 1.75. The molecule has 0 unspecified atom stereocenters. The number of likely N-dealkylation sites (tertiary alicyclic amines) is 1. The smallest absolute Gasteiger partial charge is 0.303 e. The van der Waals surface area contributed by atoms with Gasteiger partial charge in [0.05, 0.1) is 0 Å². The van der Waals surface area contributed by atoms with Crippen molar-refractivity contribution in [2.24, 2.45) is 5.92 Å². The Morgan fingerprint density at radius 1 is 1.20 bits per heavy atom. The fourth-order valence-corrected chi connectivity index (χ4v) is 2.59. The van der Waals surface area contributed by atoms with E-state index >= 15 is 0 Å². The van der Waals surface area contributed by atoms with Crippen LogP contribution in [0.25, 0.3) is 0 Å². The van der Waals surface area contributed by atoms with Gasteiger partial charge in [-0.25, -0.2) is 0 Å². The minimum Gasteiger partial charge on any atom is -0.456 e. The number of carbonyl (C=O) groups is 2. The molecule has 1 fully saturated rings. The van der Waals surface area contributed by atoms with Crippen molar-refractivity contribution in [2.75, 3.05) is 19.7 Å². The molecule has 1 aliphatic rings. The third-order valence-electron chi connectivity index (χ3n) is 3.73. The molecule has 0 radical (unpaired) electrons. The van der Waals surface area contributed by atoms with Gasteiger partial charge in [-0.3, -0.25) is 9.59 Å². The average molecular weight is 275 g/mol. The second-order valence-electron chi connectivity index (χ2n) is 5.29. The van der Waals surface area contributed by atoms with Crippen LogP contribution in [-0.4, -0.2) is 36.5 Å². The molecular weight excluding hydrogens is 254 g/mol. The zero-order valence-electron chi connectivity index (χ0n) is 11.9. The SMILES string of the molecule is CC(=O)OCC(=O)N1CCC(Cc2ccccc2)CC1. The molecule has 20 heavy (non-hydrogen) atoms. The first-order chi connectivity index (χ1) is 9.65. The van der Waals surface area contributed by atoms with E-state index in [1.165, 1.54) is 12.5 Å². The number of piperidine rings is 1. The molecular formula is C16H21NO3. The molecule has 0 bridgehead atoms. The summed E-state index contributed by atoms with van der Waals surface area (Å²) in [6.45, 7) is 2.72. The van der Waals surface area contributed by atoms with Gasteiger partial charge in [0.15, 0.2) is 6.61 Å². The van der Waals surface area contributed by atoms with E-state index in [1.807, 2.05) is 6.07 Å². The fourth-order valence-electron chi connectivity index (χ4n) is 2.59.